The number of nitrogens with zero attached hydrogens (tertiary/aromatic N) is 5. The average Bonchev–Trinajstić information content (AvgIpc) is 3.20. The molecule has 6 nitrogen and oxygen atoms in total. The molecular formula is C16H14F3N5OS2. The Bertz CT molecular complexity index is 939. The molecule has 142 valence electrons. The number of benzene rings is 1. The van der Waals surface area contributed by atoms with E-state index in [1.54, 1.807) is 17.5 Å². The number of thiazole rings is 1. The van der Waals surface area contributed by atoms with Crippen LogP contribution < -0.4 is 4.90 Å². The summed E-state index contributed by atoms with van der Waals surface area (Å²) in [4.78, 5) is 18.0. The summed E-state index contributed by atoms with van der Waals surface area (Å²) >= 11 is 2.38. The maximum absolute atomic E-state index is 12.8. The van der Waals surface area contributed by atoms with Crippen molar-refractivity contribution in [2.45, 2.75) is 24.0 Å². The van der Waals surface area contributed by atoms with Gasteiger partial charge in [0.15, 0.2) is 10.3 Å². The van der Waals surface area contributed by atoms with Gasteiger partial charge in [-0.2, -0.15) is 13.2 Å². The van der Waals surface area contributed by atoms with Crippen LogP contribution in [0.15, 0.2) is 40.9 Å². The summed E-state index contributed by atoms with van der Waals surface area (Å²) in [7, 11) is 1.27. The molecular weight excluding hydrogens is 399 g/mol. The Balaban J connectivity index is 1.75. The molecule has 0 saturated carbocycles. The Hall–Kier alpha value is -2.40. The molecule has 0 aliphatic rings. The minimum atomic E-state index is -4.55. The molecule has 0 fully saturated rings. The number of rotatable bonds is 5. The number of aromatic nitrogens is 4. The number of hydrogen-bond donors (Lipinski definition) is 0. The Labute approximate surface area is 161 Å². The second-order valence-corrected chi connectivity index (χ2v) is 7.24. The Morgan fingerprint density at radius 3 is 2.56 bits per heavy atom. The van der Waals surface area contributed by atoms with E-state index in [0.717, 1.165) is 16.3 Å². The molecule has 11 heteroatoms. The molecule has 1 aromatic carbocycles. The van der Waals surface area contributed by atoms with Crippen molar-refractivity contribution < 1.29 is 18.0 Å². The monoisotopic (exact) mass is 413 g/mol. The Morgan fingerprint density at radius 2 is 1.96 bits per heavy atom. The highest BCUT2D eigenvalue weighted by Gasteiger charge is 2.37. The molecule has 0 atom stereocenters. The topological polar surface area (TPSA) is 63.9 Å². The van der Waals surface area contributed by atoms with Crippen LogP contribution in [0.1, 0.15) is 18.4 Å². The summed E-state index contributed by atoms with van der Waals surface area (Å²) in [6, 6.07) is 9.09. The highest BCUT2D eigenvalue weighted by Crippen LogP contribution is 2.32. The third-order valence-electron chi connectivity index (χ3n) is 3.50. The van der Waals surface area contributed by atoms with Crippen LogP contribution in [0.3, 0.4) is 0 Å². The normalized spacial score (nSPS) is 11.6. The van der Waals surface area contributed by atoms with Gasteiger partial charge in [0.25, 0.3) is 0 Å². The number of alkyl halides is 3. The molecule has 0 spiro atoms. The van der Waals surface area contributed by atoms with Gasteiger partial charge in [-0.3, -0.25) is 9.69 Å². The lowest BCUT2D eigenvalue weighted by atomic mass is 10.3. The van der Waals surface area contributed by atoms with E-state index in [0.29, 0.717) is 22.3 Å². The van der Waals surface area contributed by atoms with E-state index >= 15 is 0 Å². The summed E-state index contributed by atoms with van der Waals surface area (Å²) in [5.41, 5.74) is 1.33. The van der Waals surface area contributed by atoms with E-state index in [1.807, 2.05) is 18.2 Å². The van der Waals surface area contributed by atoms with Gasteiger partial charge in [0.05, 0.1) is 11.4 Å². The Morgan fingerprint density at radius 1 is 1.26 bits per heavy atom. The van der Waals surface area contributed by atoms with Crippen molar-refractivity contribution in [3.63, 3.8) is 0 Å². The van der Waals surface area contributed by atoms with Crippen LogP contribution in [0.2, 0.25) is 0 Å². The molecule has 27 heavy (non-hydrogen) atoms. The smallest absolute Gasteiger partial charge is 0.302 e. The highest BCUT2D eigenvalue weighted by molar-refractivity contribution is 7.98. The van der Waals surface area contributed by atoms with Gasteiger partial charge in [-0.15, -0.1) is 21.5 Å². The van der Waals surface area contributed by atoms with E-state index in [-0.39, 0.29) is 11.1 Å². The third-order valence-corrected chi connectivity index (χ3v) is 5.43. The van der Waals surface area contributed by atoms with Crippen LogP contribution in [0.4, 0.5) is 24.0 Å². The Kier molecular flexibility index (Phi) is 5.51. The van der Waals surface area contributed by atoms with Gasteiger partial charge in [-0.1, -0.05) is 30.0 Å². The van der Waals surface area contributed by atoms with Crippen LogP contribution in [0.5, 0.6) is 0 Å². The number of carbonyl (C=O) groups excluding carboxylic acids is 1. The molecule has 0 bridgehead atoms. The number of halogens is 3. The highest BCUT2D eigenvalue weighted by atomic mass is 32.2. The number of amides is 1. The predicted octanol–water partition coefficient (Wildman–Crippen LogP) is 4.27. The second kappa shape index (κ2) is 7.69. The van der Waals surface area contributed by atoms with Crippen molar-refractivity contribution in [2.75, 3.05) is 4.90 Å². The summed E-state index contributed by atoms with van der Waals surface area (Å²) < 4.78 is 39.2. The van der Waals surface area contributed by atoms with Gasteiger partial charge < -0.3 is 4.57 Å². The van der Waals surface area contributed by atoms with Gasteiger partial charge in [-0.05, 0) is 12.1 Å². The lowest BCUT2D eigenvalue weighted by Gasteiger charge is -2.17. The fourth-order valence-corrected chi connectivity index (χ4v) is 4.09. The SMILES string of the molecule is CC(=O)N(c1ccccc1)c1nc(CSc2nnc(C(F)(F)F)n2C)cs1. The van der Waals surface area contributed by atoms with Crippen molar-refractivity contribution in [1.29, 1.82) is 0 Å². The maximum Gasteiger partial charge on any atom is 0.451 e. The summed E-state index contributed by atoms with van der Waals surface area (Å²) in [5.74, 6) is -0.922. The van der Waals surface area contributed by atoms with Crippen molar-refractivity contribution in [1.82, 2.24) is 19.7 Å². The van der Waals surface area contributed by atoms with Gasteiger partial charge in [0.1, 0.15) is 0 Å². The zero-order valence-electron chi connectivity index (χ0n) is 14.3. The quantitative estimate of drug-likeness (QED) is 0.585. The van der Waals surface area contributed by atoms with Crippen LogP contribution in [0.25, 0.3) is 0 Å². The summed E-state index contributed by atoms with van der Waals surface area (Å²) in [6.07, 6.45) is -4.55. The third kappa shape index (κ3) is 4.30. The fourth-order valence-electron chi connectivity index (χ4n) is 2.30. The maximum atomic E-state index is 12.8. The van der Waals surface area contributed by atoms with E-state index in [9.17, 15) is 18.0 Å². The van der Waals surface area contributed by atoms with Crippen molar-refractivity contribution >= 4 is 39.8 Å². The number of anilines is 2. The van der Waals surface area contributed by atoms with Gasteiger partial charge in [-0.25, -0.2) is 4.98 Å². The zero-order valence-corrected chi connectivity index (χ0v) is 15.9. The molecule has 0 unspecified atom stereocenters. The van der Waals surface area contributed by atoms with Crippen LogP contribution in [-0.4, -0.2) is 25.7 Å². The molecule has 3 rings (SSSR count). The first-order valence-electron chi connectivity index (χ1n) is 7.67. The van der Waals surface area contributed by atoms with Gasteiger partial charge in [0.2, 0.25) is 11.7 Å². The van der Waals surface area contributed by atoms with Crippen LogP contribution in [0, 0.1) is 0 Å². The number of carbonyl (C=O) groups is 1. The van der Waals surface area contributed by atoms with Crippen LogP contribution >= 0.6 is 23.1 Å². The van der Waals surface area contributed by atoms with Crippen LogP contribution in [-0.2, 0) is 23.8 Å². The molecule has 0 aliphatic carbocycles. The minimum absolute atomic E-state index is 0.142. The molecule has 0 aliphatic heterocycles. The molecule has 3 aromatic rings. The molecule has 2 aromatic heterocycles. The molecule has 0 N–H and O–H groups in total. The van der Waals surface area contributed by atoms with Crippen molar-refractivity contribution in [3.8, 4) is 0 Å². The molecule has 1 amide bonds. The first-order valence-corrected chi connectivity index (χ1v) is 9.53. The standard InChI is InChI=1S/C16H14F3N5OS2/c1-10(25)24(12-6-4-3-5-7-12)14-20-11(8-26-14)9-27-15-22-21-13(23(15)2)16(17,18)19/h3-8H,9H2,1-2H3. The first kappa shape index (κ1) is 19.4. The minimum Gasteiger partial charge on any atom is -0.302 e. The van der Waals surface area contributed by atoms with Crippen molar-refractivity contribution in [2.24, 2.45) is 7.05 Å². The number of thioether (sulfide) groups is 1. The van der Waals surface area contributed by atoms with E-state index in [1.165, 1.54) is 30.2 Å². The molecule has 2 heterocycles. The van der Waals surface area contributed by atoms with E-state index < -0.39 is 12.0 Å². The average molecular weight is 413 g/mol. The lowest BCUT2D eigenvalue weighted by Crippen LogP contribution is -2.22. The van der Waals surface area contributed by atoms with E-state index in [2.05, 4.69) is 15.2 Å². The largest absolute Gasteiger partial charge is 0.451 e. The first-order chi connectivity index (χ1) is 12.8. The summed E-state index contributed by atoms with van der Waals surface area (Å²) in [5, 5.41) is 9.18. The fraction of sp³-hybridized carbons (Fsp3) is 0.250. The number of para-hydroxylation sites is 1. The summed E-state index contributed by atoms with van der Waals surface area (Å²) in [6.45, 7) is 1.45. The van der Waals surface area contributed by atoms with Gasteiger partial charge >= 0.3 is 6.18 Å². The second-order valence-electron chi connectivity index (χ2n) is 5.46. The number of hydrogen-bond acceptors (Lipinski definition) is 6. The zero-order chi connectivity index (χ0) is 19.6. The predicted molar refractivity (Wildman–Crippen MR) is 96.9 cm³/mol. The van der Waals surface area contributed by atoms with Crippen molar-refractivity contribution in [3.05, 3.63) is 47.2 Å². The lowest BCUT2D eigenvalue weighted by molar-refractivity contribution is -0.147. The van der Waals surface area contributed by atoms with Gasteiger partial charge in [0, 0.05) is 25.1 Å². The van der Waals surface area contributed by atoms with E-state index in [4.69, 9.17) is 0 Å². The molecule has 0 radical (unpaired) electrons. The molecule has 0 saturated heterocycles.